The van der Waals surface area contributed by atoms with E-state index in [1.54, 1.807) is 22.8 Å². The Bertz CT molecular complexity index is 1060. The number of rotatable bonds is 7. The van der Waals surface area contributed by atoms with Crippen LogP contribution >= 0.6 is 11.8 Å². The van der Waals surface area contributed by atoms with Crippen LogP contribution in [0.15, 0.2) is 59.8 Å². The summed E-state index contributed by atoms with van der Waals surface area (Å²) in [5.41, 5.74) is 0.793. The molecule has 1 aliphatic rings. The number of para-hydroxylation sites is 2. The van der Waals surface area contributed by atoms with Gasteiger partial charge in [0.1, 0.15) is 6.61 Å². The first-order valence-corrected chi connectivity index (χ1v) is 10.4. The fraction of sp³-hybridized carbons (Fsp3) is 0.238. The molecule has 0 aliphatic carbocycles. The van der Waals surface area contributed by atoms with Crippen molar-refractivity contribution in [3.8, 4) is 11.4 Å². The van der Waals surface area contributed by atoms with Gasteiger partial charge in [-0.1, -0.05) is 42.1 Å². The molecule has 0 atom stereocenters. The predicted octanol–water partition coefficient (Wildman–Crippen LogP) is 3.23. The van der Waals surface area contributed by atoms with Crippen molar-refractivity contribution in [2.75, 3.05) is 12.3 Å². The molecule has 30 heavy (non-hydrogen) atoms. The standard InChI is InChI=1S/C21H19FN4O3S/c22-16-9-4-5-10-17(16)29-13-18-23-24-21(26(18)15-7-2-1-3-8-15)30-14-20(28)25-12-6-11-19(25)27/h1-5,7-10H,6,11-14H2. The van der Waals surface area contributed by atoms with Crippen molar-refractivity contribution in [1.29, 1.82) is 0 Å². The average molecular weight is 426 g/mol. The molecule has 1 fully saturated rings. The topological polar surface area (TPSA) is 77.3 Å². The number of imide groups is 1. The second-order valence-electron chi connectivity index (χ2n) is 6.62. The van der Waals surface area contributed by atoms with Gasteiger partial charge < -0.3 is 4.74 Å². The largest absolute Gasteiger partial charge is 0.483 e. The third-order valence-electron chi connectivity index (χ3n) is 4.61. The number of halogens is 1. The third-order valence-corrected chi connectivity index (χ3v) is 5.52. The summed E-state index contributed by atoms with van der Waals surface area (Å²) in [4.78, 5) is 25.5. The van der Waals surface area contributed by atoms with E-state index < -0.39 is 5.82 Å². The number of amides is 2. The van der Waals surface area contributed by atoms with E-state index >= 15 is 0 Å². The molecule has 0 N–H and O–H groups in total. The number of carbonyl (C=O) groups is 2. The Kier molecular flexibility index (Phi) is 6.08. The van der Waals surface area contributed by atoms with Crippen LogP contribution in [0.3, 0.4) is 0 Å². The SMILES string of the molecule is O=C1CCCN1C(=O)CSc1nnc(COc2ccccc2F)n1-c1ccccc1. The van der Waals surface area contributed by atoms with E-state index in [-0.39, 0.29) is 29.9 Å². The third kappa shape index (κ3) is 4.35. The number of aromatic nitrogens is 3. The number of thioether (sulfide) groups is 1. The number of ether oxygens (including phenoxy) is 1. The van der Waals surface area contributed by atoms with E-state index in [2.05, 4.69) is 10.2 Å². The molecular weight excluding hydrogens is 407 g/mol. The highest BCUT2D eigenvalue weighted by atomic mass is 32.2. The molecule has 9 heteroatoms. The number of benzene rings is 2. The van der Waals surface area contributed by atoms with Crippen molar-refractivity contribution in [2.24, 2.45) is 0 Å². The Balaban J connectivity index is 1.54. The van der Waals surface area contributed by atoms with Crippen LogP contribution in [0.5, 0.6) is 5.75 Å². The molecule has 1 saturated heterocycles. The van der Waals surface area contributed by atoms with Gasteiger partial charge in [-0.25, -0.2) is 4.39 Å². The first-order valence-electron chi connectivity index (χ1n) is 9.46. The molecule has 2 heterocycles. The zero-order chi connectivity index (χ0) is 20.9. The van der Waals surface area contributed by atoms with Gasteiger partial charge in [0.15, 0.2) is 22.5 Å². The van der Waals surface area contributed by atoms with E-state index in [0.717, 1.165) is 5.69 Å². The first kappa shape index (κ1) is 20.1. The summed E-state index contributed by atoms with van der Waals surface area (Å²) in [6.45, 7) is 0.466. The van der Waals surface area contributed by atoms with Crippen LogP contribution in [-0.4, -0.2) is 43.8 Å². The van der Waals surface area contributed by atoms with Crippen molar-refractivity contribution in [3.63, 3.8) is 0 Å². The first-order chi connectivity index (χ1) is 14.6. The molecule has 3 aromatic rings. The van der Waals surface area contributed by atoms with Crippen molar-refractivity contribution >= 4 is 23.6 Å². The van der Waals surface area contributed by atoms with Gasteiger partial charge in [-0.15, -0.1) is 10.2 Å². The molecule has 0 bridgehead atoms. The summed E-state index contributed by atoms with van der Waals surface area (Å²) >= 11 is 1.20. The van der Waals surface area contributed by atoms with E-state index in [1.165, 1.54) is 22.7 Å². The minimum Gasteiger partial charge on any atom is -0.483 e. The Morgan fingerprint density at radius 1 is 1.10 bits per heavy atom. The average Bonchev–Trinajstić information content (AvgIpc) is 3.38. The summed E-state index contributed by atoms with van der Waals surface area (Å²) in [7, 11) is 0. The minimum absolute atomic E-state index is 0.00193. The van der Waals surface area contributed by atoms with Crippen molar-refractivity contribution < 1.29 is 18.7 Å². The Hall–Kier alpha value is -3.20. The highest BCUT2D eigenvalue weighted by Gasteiger charge is 2.27. The van der Waals surface area contributed by atoms with Crippen LogP contribution < -0.4 is 4.74 Å². The summed E-state index contributed by atoms with van der Waals surface area (Å²) in [6.07, 6.45) is 1.11. The second kappa shape index (κ2) is 9.08. The quantitative estimate of drug-likeness (QED) is 0.540. The summed E-state index contributed by atoms with van der Waals surface area (Å²) in [6, 6.07) is 15.5. The van der Waals surface area contributed by atoms with Gasteiger partial charge in [-0.05, 0) is 30.7 Å². The predicted molar refractivity (Wildman–Crippen MR) is 109 cm³/mol. The molecule has 2 aromatic carbocycles. The van der Waals surface area contributed by atoms with Gasteiger partial charge in [0.05, 0.1) is 5.75 Å². The highest BCUT2D eigenvalue weighted by Crippen LogP contribution is 2.24. The van der Waals surface area contributed by atoms with Crippen LogP contribution in [-0.2, 0) is 16.2 Å². The highest BCUT2D eigenvalue weighted by molar-refractivity contribution is 7.99. The lowest BCUT2D eigenvalue weighted by Crippen LogP contribution is -2.33. The van der Waals surface area contributed by atoms with Crippen LogP contribution in [0, 0.1) is 5.82 Å². The number of carbonyl (C=O) groups excluding carboxylic acids is 2. The maximum atomic E-state index is 13.9. The lowest BCUT2D eigenvalue weighted by atomic mass is 10.3. The summed E-state index contributed by atoms with van der Waals surface area (Å²) in [5.74, 6) is -0.170. The van der Waals surface area contributed by atoms with Gasteiger partial charge in [-0.2, -0.15) is 0 Å². The second-order valence-corrected chi connectivity index (χ2v) is 7.56. The van der Waals surface area contributed by atoms with Gasteiger partial charge >= 0.3 is 0 Å². The molecule has 7 nitrogen and oxygen atoms in total. The number of hydrogen-bond acceptors (Lipinski definition) is 6. The molecule has 0 unspecified atom stereocenters. The minimum atomic E-state index is -0.459. The van der Waals surface area contributed by atoms with Crippen molar-refractivity contribution in [3.05, 3.63) is 66.2 Å². The van der Waals surface area contributed by atoms with Crippen LogP contribution in [0.2, 0.25) is 0 Å². The zero-order valence-electron chi connectivity index (χ0n) is 16.0. The van der Waals surface area contributed by atoms with E-state index in [1.807, 2.05) is 30.3 Å². The lowest BCUT2D eigenvalue weighted by Gasteiger charge is -2.14. The van der Waals surface area contributed by atoms with Gasteiger partial charge in [0.2, 0.25) is 11.8 Å². The molecule has 1 aromatic heterocycles. The fourth-order valence-corrected chi connectivity index (χ4v) is 3.99. The van der Waals surface area contributed by atoms with Gasteiger partial charge in [0.25, 0.3) is 0 Å². The van der Waals surface area contributed by atoms with Crippen LogP contribution in [0.25, 0.3) is 5.69 Å². The molecule has 0 spiro atoms. The van der Waals surface area contributed by atoms with Gasteiger partial charge in [0, 0.05) is 18.7 Å². The maximum absolute atomic E-state index is 13.9. The smallest absolute Gasteiger partial charge is 0.239 e. The fourth-order valence-electron chi connectivity index (χ4n) is 3.14. The Labute approximate surface area is 176 Å². The number of hydrogen-bond donors (Lipinski definition) is 0. The van der Waals surface area contributed by atoms with Crippen LogP contribution in [0.1, 0.15) is 18.7 Å². The molecule has 0 saturated carbocycles. The molecular formula is C21H19FN4O3S. The van der Waals surface area contributed by atoms with E-state index in [4.69, 9.17) is 4.74 Å². The van der Waals surface area contributed by atoms with E-state index in [9.17, 15) is 14.0 Å². The molecule has 4 rings (SSSR count). The van der Waals surface area contributed by atoms with Crippen LogP contribution in [0.4, 0.5) is 4.39 Å². The number of likely N-dealkylation sites (tertiary alicyclic amines) is 1. The summed E-state index contributed by atoms with van der Waals surface area (Å²) in [5, 5.41) is 8.87. The molecule has 0 radical (unpaired) electrons. The summed E-state index contributed by atoms with van der Waals surface area (Å²) < 4.78 is 21.2. The zero-order valence-corrected chi connectivity index (χ0v) is 16.8. The van der Waals surface area contributed by atoms with Gasteiger partial charge in [-0.3, -0.25) is 19.1 Å². The monoisotopic (exact) mass is 426 g/mol. The molecule has 1 aliphatic heterocycles. The lowest BCUT2D eigenvalue weighted by molar-refractivity contribution is -0.140. The van der Waals surface area contributed by atoms with Crippen molar-refractivity contribution in [2.45, 2.75) is 24.6 Å². The normalized spacial score (nSPS) is 13.6. The van der Waals surface area contributed by atoms with E-state index in [0.29, 0.717) is 30.4 Å². The maximum Gasteiger partial charge on any atom is 0.239 e. The number of nitrogens with zero attached hydrogens (tertiary/aromatic N) is 4. The Morgan fingerprint density at radius 3 is 2.60 bits per heavy atom. The van der Waals surface area contributed by atoms with Crippen molar-refractivity contribution in [1.82, 2.24) is 19.7 Å². The molecule has 154 valence electrons. The molecule has 2 amide bonds. The Morgan fingerprint density at radius 2 is 1.87 bits per heavy atom.